The first-order valence-corrected chi connectivity index (χ1v) is 8.98. The SMILES string of the molecule is COc1cc2c(cc1NC(=O)c1n[nH]c3ccc([N+](=O)[O-])cc13)oc1ccccc12. The van der Waals surface area contributed by atoms with Crippen LogP contribution in [0.25, 0.3) is 32.8 Å². The Hall–Kier alpha value is -4.40. The molecule has 0 aliphatic rings. The number of carbonyl (C=O) groups is 1. The molecule has 0 aliphatic carbocycles. The van der Waals surface area contributed by atoms with Gasteiger partial charge in [0, 0.05) is 34.4 Å². The number of H-pyrrole nitrogens is 1. The van der Waals surface area contributed by atoms with Gasteiger partial charge in [0.15, 0.2) is 5.69 Å². The molecule has 0 bridgehead atoms. The van der Waals surface area contributed by atoms with Gasteiger partial charge in [-0.05, 0) is 18.2 Å². The first-order chi connectivity index (χ1) is 14.5. The number of nitrogens with one attached hydrogen (secondary N) is 2. The molecule has 0 saturated carbocycles. The van der Waals surface area contributed by atoms with Crippen LogP contribution in [0.15, 0.2) is 59.0 Å². The predicted molar refractivity (Wildman–Crippen MR) is 111 cm³/mol. The Morgan fingerprint density at radius 1 is 1.10 bits per heavy atom. The quantitative estimate of drug-likeness (QED) is 0.334. The van der Waals surface area contributed by atoms with E-state index in [0.29, 0.717) is 27.9 Å². The maximum atomic E-state index is 12.9. The van der Waals surface area contributed by atoms with E-state index >= 15 is 0 Å². The van der Waals surface area contributed by atoms with Crippen LogP contribution in [0, 0.1) is 10.1 Å². The number of fused-ring (bicyclic) bond motifs is 4. The number of non-ortho nitro benzene ring substituents is 1. The molecule has 3 aromatic carbocycles. The summed E-state index contributed by atoms with van der Waals surface area (Å²) in [7, 11) is 1.51. The third kappa shape index (κ3) is 2.72. The highest BCUT2D eigenvalue weighted by Gasteiger charge is 2.20. The van der Waals surface area contributed by atoms with Crippen molar-refractivity contribution in [3.63, 3.8) is 0 Å². The van der Waals surface area contributed by atoms with Crippen molar-refractivity contribution in [2.75, 3.05) is 12.4 Å². The van der Waals surface area contributed by atoms with Gasteiger partial charge in [-0.1, -0.05) is 18.2 Å². The maximum absolute atomic E-state index is 12.9. The van der Waals surface area contributed by atoms with Crippen LogP contribution in [0.2, 0.25) is 0 Å². The number of nitro groups is 1. The van der Waals surface area contributed by atoms with E-state index in [1.807, 2.05) is 24.3 Å². The van der Waals surface area contributed by atoms with E-state index in [-0.39, 0.29) is 11.4 Å². The van der Waals surface area contributed by atoms with Crippen molar-refractivity contribution in [2.45, 2.75) is 0 Å². The number of para-hydroxylation sites is 1. The van der Waals surface area contributed by atoms with Gasteiger partial charge >= 0.3 is 0 Å². The van der Waals surface area contributed by atoms with Crippen molar-refractivity contribution < 1.29 is 18.9 Å². The summed E-state index contributed by atoms with van der Waals surface area (Å²) in [5, 5.41) is 22.7. The minimum Gasteiger partial charge on any atom is -0.495 e. The first-order valence-electron chi connectivity index (χ1n) is 8.98. The van der Waals surface area contributed by atoms with Crippen LogP contribution in [-0.2, 0) is 0 Å². The van der Waals surface area contributed by atoms with Crippen molar-refractivity contribution in [3.05, 3.63) is 70.4 Å². The molecule has 0 radical (unpaired) electrons. The molecule has 0 aliphatic heterocycles. The molecule has 2 N–H and O–H groups in total. The smallest absolute Gasteiger partial charge is 0.276 e. The number of ether oxygens (including phenoxy) is 1. The van der Waals surface area contributed by atoms with Crippen LogP contribution >= 0.6 is 0 Å². The minimum atomic E-state index is -0.532. The molecule has 0 unspecified atom stereocenters. The second-order valence-corrected chi connectivity index (χ2v) is 6.66. The highest BCUT2D eigenvalue weighted by molar-refractivity contribution is 6.13. The molecule has 0 spiro atoms. The van der Waals surface area contributed by atoms with E-state index in [9.17, 15) is 14.9 Å². The molecule has 2 aromatic heterocycles. The first kappa shape index (κ1) is 17.7. The predicted octanol–water partition coefficient (Wildman–Crippen LogP) is 4.63. The van der Waals surface area contributed by atoms with Crippen LogP contribution < -0.4 is 10.1 Å². The Balaban J connectivity index is 1.57. The van der Waals surface area contributed by atoms with E-state index < -0.39 is 10.8 Å². The topological polar surface area (TPSA) is 123 Å². The molecule has 5 aromatic rings. The lowest BCUT2D eigenvalue weighted by atomic mass is 10.1. The average molecular weight is 402 g/mol. The summed E-state index contributed by atoms with van der Waals surface area (Å²) in [5.74, 6) is -0.0799. The van der Waals surface area contributed by atoms with Crippen LogP contribution in [0.5, 0.6) is 5.75 Å². The molecule has 5 rings (SSSR count). The molecule has 1 amide bonds. The van der Waals surface area contributed by atoms with Gasteiger partial charge in [0.25, 0.3) is 11.6 Å². The number of amides is 1. The second-order valence-electron chi connectivity index (χ2n) is 6.66. The Morgan fingerprint density at radius 3 is 2.73 bits per heavy atom. The summed E-state index contributed by atoms with van der Waals surface area (Å²) in [5.41, 5.74) is 2.15. The molecule has 0 saturated heterocycles. The molecule has 0 atom stereocenters. The zero-order valence-electron chi connectivity index (χ0n) is 15.6. The fourth-order valence-electron chi connectivity index (χ4n) is 3.49. The number of furan rings is 1. The third-order valence-corrected chi connectivity index (χ3v) is 4.92. The molecule has 2 heterocycles. The third-order valence-electron chi connectivity index (χ3n) is 4.92. The van der Waals surface area contributed by atoms with Gasteiger partial charge in [0.05, 0.1) is 23.2 Å². The van der Waals surface area contributed by atoms with E-state index in [1.54, 1.807) is 12.1 Å². The highest BCUT2D eigenvalue weighted by atomic mass is 16.6. The van der Waals surface area contributed by atoms with Crippen LogP contribution in [0.1, 0.15) is 10.5 Å². The lowest BCUT2D eigenvalue weighted by Crippen LogP contribution is -2.13. The number of benzene rings is 3. The number of methoxy groups -OCH3 is 1. The Kier molecular flexibility index (Phi) is 3.88. The Labute approximate surface area is 168 Å². The largest absolute Gasteiger partial charge is 0.495 e. The minimum absolute atomic E-state index is 0.0421. The number of carbonyl (C=O) groups excluding carboxylic acids is 1. The molecule has 9 heteroatoms. The van der Waals surface area contributed by atoms with Crippen molar-refractivity contribution in [1.82, 2.24) is 10.2 Å². The summed E-state index contributed by atoms with van der Waals surface area (Å²) in [6.45, 7) is 0. The van der Waals surface area contributed by atoms with E-state index in [0.717, 1.165) is 16.4 Å². The fraction of sp³-hybridized carbons (Fsp3) is 0.0476. The number of anilines is 1. The molecule has 148 valence electrons. The normalized spacial score (nSPS) is 11.2. The van der Waals surface area contributed by atoms with Gasteiger partial charge in [0.2, 0.25) is 0 Å². The number of aromatic amines is 1. The van der Waals surface area contributed by atoms with Crippen molar-refractivity contribution >= 4 is 50.1 Å². The number of nitrogens with zero attached hydrogens (tertiary/aromatic N) is 2. The number of aromatic nitrogens is 2. The fourth-order valence-corrected chi connectivity index (χ4v) is 3.49. The monoisotopic (exact) mass is 402 g/mol. The lowest BCUT2D eigenvalue weighted by molar-refractivity contribution is -0.384. The lowest BCUT2D eigenvalue weighted by Gasteiger charge is -2.09. The van der Waals surface area contributed by atoms with E-state index in [1.165, 1.54) is 25.3 Å². The van der Waals surface area contributed by atoms with Gasteiger partial charge in [-0.2, -0.15) is 5.10 Å². The number of nitro benzene ring substituents is 1. The summed E-state index contributed by atoms with van der Waals surface area (Å²) >= 11 is 0. The molecule has 30 heavy (non-hydrogen) atoms. The van der Waals surface area contributed by atoms with Crippen molar-refractivity contribution in [3.8, 4) is 5.75 Å². The maximum Gasteiger partial charge on any atom is 0.276 e. The summed E-state index contributed by atoms with van der Waals surface area (Å²) in [4.78, 5) is 23.4. The van der Waals surface area contributed by atoms with Gasteiger partial charge in [-0.3, -0.25) is 20.0 Å². The zero-order valence-corrected chi connectivity index (χ0v) is 15.6. The molecule has 0 fully saturated rings. The highest BCUT2D eigenvalue weighted by Crippen LogP contribution is 2.36. The van der Waals surface area contributed by atoms with E-state index in [4.69, 9.17) is 9.15 Å². The summed E-state index contributed by atoms with van der Waals surface area (Å²) in [6, 6.07) is 15.3. The average Bonchev–Trinajstić information content (AvgIpc) is 3.33. The van der Waals surface area contributed by atoms with E-state index in [2.05, 4.69) is 15.5 Å². The summed E-state index contributed by atoms with van der Waals surface area (Å²) < 4.78 is 11.3. The molecular weight excluding hydrogens is 388 g/mol. The van der Waals surface area contributed by atoms with Crippen LogP contribution in [0.4, 0.5) is 11.4 Å². The standard InChI is InChI=1S/C21H14N4O5/c1-29-19-9-13-12-4-2-3-5-17(12)30-18(13)10-16(19)22-21(26)20-14-8-11(25(27)28)6-7-15(14)23-24-20/h2-10H,1H3,(H,22,26)(H,23,24). The van der Waals surface area contributed by atoms with Gasteiger partial charge in [-0.15, -0.1) is 0 Å². The second kappa shape index (κ2) is 6.59. The van der Waals surface area contributed by atoms with Gasteiger partial charge in [0.1, 0.15) is 16.9 Å². The van der Waals surface area contributed by atoms with Crippen molar-refractivity contribution in [1.29, 1.82) is 0 Å². The van der Waals surface area contributed by atoms with Crippen molar-refractivity contribution in [2.24, 2.45) is 0 Å². The number of hydrogen-bond acceptors (Lipinski definition) is 6. The molecular formula is C21H14N4O5. The van der Waals surface area contributed by atoms with Gasteiger partial charge in [-0.25, -0.2) is 0 Å². The van der Waals surface area contributed by atoms with Crippen LogP contribution in [0.3, 0.4) is 0 Å². The number of rotatable bonds is 4. The summed E-state index contributed by atoms with van der Waals surface area (Å²) in [6.07, 6.45) is 0. The van der Waals surface area contributed by atoms with Crippen LogP contribution in [-0.4, -0.2) is 28.1 Å². The Morgan fingerprint density at radius 2 is 1.93 bits per heavy atom. The Bertz CT molecular complexity index is 1470. The van der Waals surface area contributed by atoms with Gasteiger partial charge < -0.3 is 14.5 Å². The number of hydrogen-bond donors (Lipinski definition) is 2. The zero-order chi connectivity index (χ0) is 20.8. The molecule has 9 nitrogen and oxygen atoms in total.